The molecule has 0 aliphatic carbocycles. The monoisotopic (exact) mass is 413 g/mol. The molecule has 1 unspecified atom stereocenters. The molecule has 0 radical (unpaired) electrons. The van der Waals surface area contributed by atoms with Crippen molar-refractivity contribution in [1.29, 1.82) is 0 Å². The number of imide groups is 1. The second-order valence-electron chi connectivity index (χ2n) is 8.08. The van der Waals surface area contributed by atoms with Gasteiger partial charge in [0.15, 0.2) is 0 Å². The molecule has 9 heteroatoms. The van der Waals surface area contributed by atoms with Crippen LogP contribution in [0.5, 0.6) is 0 Å². The lowest BCUT2D eigenvalue weighted by atomic mass is 10.0. The first-order chi connectivity index (χ1) is 14.5. The van der Waals surface area contributed by atoms with Gasteiger partial charge in [0.1, 0.15) is 6.04 Å². The predicted molar refractivity (Wildman–Crippen MR) is 108 cm³/mol. The van der Waals surface area contributed by atoms with Crippen molar-refractivity contribution >= 4 is 23.6 Å². The molecule has 4 rings (SSSR count). The van der Waals surface area contributed by atoms with Crippen molar-refractivity contribution in [2.75, 3.05) is 39.8 Å². The van der Waals surface area contributed by atoms with Gasteiger partial charge in [0.25, 0.3) is 5.91 Å². The number of nitrogens with one attached hydrogen (secondary N) is 2. The smallest absolute Gasteiger partial charge is 0.255 e. The molecule has 2 fully saturated rings. The Hall–Kier alpha value is -2.78. The van der Waals surface area contributed by atoms with Crippen LogP contribution in [0.25, 0.3) is 0 Å². The van der Waals surface area contributed by atoms with Crippen LogP contribution in [0.3, 0.4) is 0 Å². The molecule has 2 N–H and O–H groups in total. The van der Waals surface area contributed by atoms with Crippen LogP contribution in [-0.2, 0) is 27.5 Å². The zero-order valence-electron chi connectivity index (χ0n) is 17.1. The number of amides is 4. The van der Waals surface area contributed by atoms with Gasteiger partial charge in [0, 0.05) is 51.3 Å². The van der Waals surface area contributed by atoms with E-state index >= 15 is 0 Å². The third-order valence-electron chi connectivity index (χ3n) is 6.05. The fourth-order valence-corrected chi connectivity index (χ4v) is 4.40. The summed E-state index contributed by atoms with van der Waals surface area (Å²) >= 11 is 0. The predicted octanol–water partition coefficient (Wildman–Crippen LogP) is -0.689. The molecule has 1 aromatic rings. The summed E-state index contributed by atoms with van der Waals surface area (Å²) in [7, 11) is 1.77. The van der Waals surface area contributed by atoms with E-state index in [0.29, 0.717) is 38.2 Å². The zero-order valence-corrected chi connectivity index (χ0v) is 17.1. The lowest BCUT2D eigenvalue weighted by Gasteiger charge is -2.34. The summed E-state index contributed by atoms with van der Waals surface area (Å²) in [6.07, 6.45) is 0.623. The summed E-state index contributed by atoms with van der Waals surface area (Å²) in [6, 6.07) is 5.25. The number of hydrogen-bond acceptors (Lipinski definition) is 6. The third-order valence-corrected chi connectivity index (χ3v) is 6.05. The van der Waals surface area contributed by atoms with Crippen LogP contribution in [0.4, 0.5) is 0 Å². The van der Waals surface area contributed by atoms with Gasteiger partial charge in [-0.3, -0.25) is 29.4 Å². The standard InChI is InChI=1S/C21H27N5O4/c1-22-11-19(28)25-8-6-24(7-9-25)12-14-2-3-16-15(10-14)13-26(21(16)30)17-4-5-18(27)23-20(17)29/h2-3,10,17,22H,4-9,11-13H2,1H3,(H,23,27,29). The average Bonchev–Trinajstić information content (AvgIpc) is 3.04. The summed E-state index contributed by atoms with van der Waals surface area (Å²) in [4.78, 5) is 54.1. The Kier molecular flexibility index (Phi) is 5.83. The molecule has 3 heterocycles. The van der Waals surface area contributed by atoms with Gasteiger partial charge in [-0.1, -0.05) is 12.1 Å². The molecular formula is C21H27N5O4. The summed E-state index contributed by atoms with van der Waals surface area (Å²) in [6.45, 7) is 4.57. The normalized spacial score (nSPS) is 22.3. The van der Waals surface area contributed by atoms with Crippen molar-refractivity contribution in [2.45, 2.75) is 32.0 Å². The van der Waals surface area contributed by atoms with Crippen molar-refractivity contribution in [2.24, 2.45) is 0 Å². The summed E-state index contributed by atoms with van der Waals surface area (Å²) in [5.74, 6) is -0.696. The molecular weight excluding hydrogens is 386 g/mol. The van der Waals surface area contributed by atoms with E-state index < -0.39 is 11.9 Å². The van der Waals surface area contributed by atoms with Crippen molar-refractivity contribution in [3.63, 3.8) is 0 Å². The number of fused-ring (bicyclic) bond motifs is 1. The highest BCUT2D eigenvalue weighted by Gasteiger charge is 2.39. The van der Waals surface area contributed by atoms with E-state index in [9.17, 15) is 19.2 Å². The molecule has 0 bridgehead atoms. The number of rotatable bonds is 5. The fraction of sp³-hybridized carbons (Fsp3) is 0.524. The van der Waals surface area contributed by atoms with Gasteiger partial charge in [0.2, 0.25) is 17.7 Å². The molecule has 9 nitrogen and oxygen atoms in total. The Balaban J connectivity index is 1.37. The summed E-state index contributed by atoms with van der Waals surface area (Å²) in [5.41, 5.74) is 2.66. The van der Waals surface area contributed by atoms with E-state index in [2.05, 4.69) is 15.5 Å². The van der Waals surface area contributed by atoms with Crippen molar-refractivity contribution in [3.05, 3.63) is 34.9 Å². The number of hydrogen-bond donors (Lipinski definition) is 2. The van der Waals surface area contributed by atoms with Crippen LogP contribution >= 0.6 is 0 Å². The van der Waals surface area contributed by atoms with Crippen LogP contribution in [0, 0.1) is 0 Å². The first-order valence-corrected chi connectivity index (χ1v) is 10.4. The largest absolute Gasteiger partial charge is 0.339 e. The van der Waals surface area contributed by atoms with Crippen LogP contribution in [-0.4, -0.2) is 84.1 Å². The van der Waals surface area contributed by atoms with Gasteiger partial charge in [-0.15, -0.1) is 0 Å². The van der Waals surface area contributed by atoms with E-state index in [1.807, 2.05) is 23.1 Å². The highest BCUT2D eigenvalue weighted by Crippen LogP contribution is 2.28. The van der Waals surface area contributed by atoms with Crippen molar-refractivity contribution in [1.82, 2.24) is 25.3 Å². The minimum atomic E-state index is -0.589. The SMILES string of the molecule is CNCC(=O)N1CCN(Cc2ccc3c(c2)CN(C2CCC(=O)NC2=O)C3=O)CC1. The topological polar surface area (TPSA) is 102 Å². The molecule has 3 aliphatic heterocycles. The van der Waals surface area contributed by atoms with E-state index in [1.54, 1.807) is 11.9 Å². The van der Waals surface area contributed by atoms with Gasteiger partial charge in [-0.25, -0.2) is 0 Å². The van der Waals surface area contributed by atoms with E-state index in [4.69, 9.17) is 0 Å². The minimum absolute atomic E-state index is 0.127. The van der Waals surface area contributed by atoms with Gasteiger partial charge in [-0.2, -0.15) is 0 Å². The number of piperazine rings is 1. The molecule has 0 aromatic heterocycles. The lowest BCUT2D eigenvalue weighted by molar-refractivity contribution is -0.137. The Morgan fingerprint density at radius 2 is 1.93 bits per heavy atom. The Bertz CT molecular complexity index is 878. The molecule has 0 spiro atoms. The Morgan fingerprint density at radius 3 is 2.63 bits per heavy atom. The highest BCUT2D eigenvalue weighted by molar-refractivity contribution is 6.05. The maximum absolute atomic E-state index is 12.8. The van der Waals surface area contributed by atoms with Crippen LogP contribution in [0.15, 0.2) is 18.2 Å². The van der Waals surface area contributed by atoms with Gasteiger partial charge < -0.3 is 15.1 Å². The van der Waals surface area contributed by atoms with Gasteiger partial charge in [0.05, 0.1) is 6.54 Å². The third kappa shape index (κ3) is 4.08. The average molecular weight is 413 g/mol. The van der Waals surface area contributed by atoms with E-state index in [1.165, 1.54) is 0 Å². The number of nitrogens with zero attached hydrogens (tertiary/aromatic N) is 3. The molecule has 30 heavy (non-hydrogen) atoms. The first-order valence-electron chi connectivity index (χ1n) is 10.4. The van der Waals surface area contributed by atoms with E-state index in [-0.39, 0.29) is 24.1 Å². The van der Waals surface area contributed by atoms with Gasteiger partial charge in [-0.05, 0) is 30.7 Å². The second kappa shape index (κ2) is 8.53. The maximum atomic E-state index is 12.8. The van der Waals surface area contributed by atoms with E-state index in [0.717, 1.165) is 30.8 Å². The molecule has 1 aromatic carbocycles. The number of benzene rings is 1. The van der Waals surface area contributed by atoms with Crippen molar-refractivity contribution < 1.29 is 19.2 Å². The maximum Gasteiger partial charge on any atom is 0.255 e. The summed E-state index contributed by atoms with van der Waals surface area (Å²) < 4.78 is 0. The number of carbonyl (C=O) groups is 4. The molecule has 160 valence electrons. The fourth-order valence-electron chi connectivity index (χ4n) is 4.40. The molecule has 2 saturated heterocycles. The zero-order chi connectivity index (χ0) is 21.3. The number of likely N-dealkylation sites (N-methyl/N-ethyl adjacent to an activating group) is 1. The minimum Gasteiger partial charge on any atom is -0.339 e. The van der Waals surface area contributed by atoms with Crippen LogP contribution in [0.1, 0.15) is 34.3 Å². The molecule has 3 aliphatic rings. The second-order valence-corrected chi connectivity index (χ2v) is 8.08. The summed E-state index contributed by atoms with van der Waals surface area (Å²) in [5, 5.41) is 5.23. The molecule has 4 amide bonds. The lowest BCUT2D eigenvalue weighted by Crippen LogP contribution is -2.52. The van der Waals surface area contributed by atoms with Crippen molar-refractivity contribution in [3.8, 4) is 0 Å². The number of piperidine rings is 1. The highest BCUT2D eigenvalue weighted by atomic mass is 16.2. The first kappa shape index (κ1) is 20.5. The quantitative estimate of drug-likeness (QED) is 0.620. The Morgan fingerprint density at radius 1 is 1.17 bits per heavy atom. The van der Waals surface area contributed by atoms with Crippen LogP contribution in [0.2, 0.25) is 0 Å². The Labute approximate surface area is 175 Å². The molecule has 0 saturated carbocycles. The van der Waals surface area contributed by atoms with Gasteiger partial charge >= 0.3 is 0 Å². The number of carbonyl (C=O) groups excluding carboxylic acids is 4. The van der Waals surface area contributed by atoms with Crippen LogP contribution < -0.4 is 10.6 Å². The molecule has 1 atom stereocenters.